The van der Waals surface area contributed by atoms with Gasteiger partial charge in [0.2, 0.25) is 0 Å². The van der Waals surface area contributed by atoms with Gasteiger partial charge in [-0.1, -0.05) is 29.8 Å². The maximum Gasteiger partial charge on any atom is 0.417 e. The lowest BCUT2D eigenvalue weighted by atomic mass is 10.1. The van der Waals surface area contributed by atoms with E-state index >= 15 is 0 Å². The van der Waals surface area contributed by atoms with Crippen molar-refractivity contribution in [2.45, 2.75) is 19.5 Å². The van der Waals surface area contributed by atoms with Crippen LogP contribution in [0.1, 0.15) is 23.7 Å². The maximum atomic E-state index is 12.6. The first-order chi connectivity index (χ1) is 9.86. The van der Waals surface area contributed by atoms with Crippen molar-refractivity contribution in [3.05, 3.63) is 70.5 Å². The summed E-state index contributed by atoms with van der Waals surface area (Å²) in [6.07, 6.45) is -1.13. The molecule has 109 valence electrons. The third kappa shape index (κ3) is 4.33. The van der Waals surface area contributed by atoms with Gasteiger partial charge in [-0.15, -0.1) is 0 Å². The summed E-state index contributed by atoms with van der Waals surface area (Å²) in [4.78, 5) is 3.91. The molecule has 0 aliphatic heterocycles. The Morgan fingerprint density at radius 3 is 2.52 bits per heavy atom. The summed E-state index contributed by atoms with van der Waals surface area (Å²) >= 11 is 5.81. The Morgan fingerprint density at radius 1 is 1.24 bits per heavy atom. The van der Waals surface area contributed by atoms with Gasteiger partial charge in [0.25, 0.3) is 0 Å². The molecule has 0 aliphatic carbocycles. The molecule has 0 saturated heterocycles. The second kappa shape index (κ2) is 6.31. The minimum Gasteiger partial charge on any atom is -0.260 e. The van der Waals surface area contributed by atoms with Gasteiger partial charge in [0.05, 0.1) is 11.3 Å². The smallest absolute Gasteiger partial charge is 0.260 e. The summed E-state index contributed by atoms with van der Waals surface area (Å²) in [5.74, 6) is 0. The van der Waals surface area contributed by atoms with Crippen LogP contribution in [0.4, 0.5) is 13.2 Å². The van der Waals surface area contributed by atoms with Crippen molar-refractivity contribution in [1.82, 2.24) is 4.98 Å². The highest BCUT2D eigenvalue weighted by Crippen LogP contribution is 2.28. The number of hydrogen-bond acceptors (Lipinski definition) is 1. The lowest BCUT2D eigenvalue weighted by molar-refractivity contribution is -0.137. The summed E-state index contributed by atoms with van der Waals surface area (Å²) in [6, 6.07) is 10.5. The zero-order valence-electron chi connectivity index (χ0n) is 11.2. The van der Waals surface area contributed by atoms with E-state index in [0.717, 1.165) is 23.4 Å². The summed E-state index contributed by atoms with van der Waals surface area (Å²) < 4.78 is 37.7. The van der Waals surface area contributed by atoms with Gasteiger partial charge < -0.3 is 0 Å². The molecule has 5 heteroatoms. The third-order valence-corrected chi connectivity index (χ3v) is 3.21. The first-order valence-electron chi connectivity index (χ1n) is 6.23. The van der Waals surface area contributed by atoms with Crippen molar-refractivity contribution in [2.75, 3.05) is 0 Å². The van der Waals surface area contributed by atoms with Gasteiger partial charge in [-0.2, -0.15) is 13.2 Å². The average molecular weight is 311 g/mol. The van der Waals surface area contributed by atoms with E-state index in [2.05, 4.69) is 11.1 Å². The van der Waals surface area contributed by atoms with E-state index in [4.69, 9.17) is 11.6 Å². The lowest BCUT2D eigenvalue weighted by Gasteiger charge is -2.07. The molecule has 0 aliphatic rings. The van der Waals surface area contributed by atoms with Crippen LogP contribution in [0.15, 0.2) is 42.6 Å². The van der Waals surface area contributed by atoms with Crippen molar-refractivity contribution < 1.29 is 13.2 Å². The van der Waals surface area contributed by atoms with Crippen LogP contribution in [0.5, 0.6) is 0 Å². The lowest BCUT2D eigenvalue weighted by Crippen LogP contribution is -2.06. The van der Waals surface area contributed by atoms with E-state index in [-0.39, 0.29) is 5.69 Å². The molecule has 0 atom stereocenters. The van der Waals surface area contributed by atoms with Gasteiger partial charge in [0, 0.05) is 23.7 Å². The highest BCUT2D eigenvalue weighted by molar-refractivity contribution is 6.30. The van der Waals surface area contributed by atoms with Crippen LogP contribution in [-0.4, -0.2) is 4.98 Å². The fraction of sp³-hybridized carbons (Fsp3) is 0.188. The fourth-order valence-corrected chi connectivity index (χ4v) is 1.91. The molecular weight excluding hydrogens is 299 g/mol. The number of hydrogen-bond donors (Lipinski definition) is 0. The molecule has 0 fully saturated rings. The number of rotatable bonds is 3. The van der Waals surface area contributed by atoms with Gasteiger partial charge >= 0.3 is 6.18 Å². The van der Waals surface area contributed by atoms with E-state index in [1.54, 1.807) is 12.1 Å². The Bertz CT molecular complexity index is 645. The molecule has 0 bridgehead atoms. The molecule has 1 aromatic carbocycles. The van der Waals surface area contributed by atoms with Gasteiger partial charge in [0.1, 0.15) is 0 Å². The molecule has 1 nitrogen and oxygen atoms in total. The topological polar surface area (TPSA) is 12.9 Å². The second-order valence-corrected chi connectivity index (χ2v) is 4.96. The Hall–Kier alpha value is -1.81. The van der Waals surface area contributed by atoms with Crippen molar-refractivity contribution in [3.8, 4) is 0 Å². The number of benzene rings is 1. The van der Waals surface area contributed by atoms with Crippen molar-refractivity contribution in [2.24, 2.45) is 0 Å². The van der Waals surface area contributed by atoms with Crippen molar-refractivity contribution >= 4 is 17.2 Å². The summed E-state index contributed by atoms with van der Waals surface area (Å²) in [6.45, 7) is 1.89. The zero-order valence-corrected chi connectivity index (χ0v) is 12.0. The van der Waals surface area contributed by atoms with Crippen LogP contribution in [0.3, 0.4) is 0 Å². The molecule has 1 radical (unpaired) electrons. The molecule has 0 amide bonds. The predicted molar refractivity (Wildman–Crippen MR) is 76.9 cm³/mol. The van der Waals surface area contributed by atoms with Crippen LogP contribution in [0.25, 0.3) is 5.57 Å². The normalized spacial score (nSPS) is 12.5. The Balaban J connectivity index is 2.15. The molecule has 2 aromatic rings. The van der Waals surface area contributed by atoms with Crippen molar-refractivity contribution in [3.63, 3.8) is 0 Å². The highest BCUT2D eigenvalue weighted by Gasteiger charge is 2.30. The second-order valence-electron chi connectivity index (χ2n) is 4.53. The SMILES string of the molecule is CC(=CCc1[c]c(C(F)(F)F)ccn1)c1ccc(Cl)cc1. The molecular formula is C16H12ClF3N. The van der Waals surface area contributed by atoms with Crippen LogP contribution in [-0.2, 0) is 12.6 Å². The largest absolute Gasteiger partial charge is 0.417 e. The summed E-state index contributed by atoms with van der Waals surface area (Å²) in [5.41, 5.74) is 1.37. The monoisotopic (exact) mass is 310 g/mol. The highest BCUT2D eigenvalue weighted by atomic mass is 35.5. The van der Waals surface area contributed by atoms with E-state index in [9.17, 15) is 13.2 Å². The van der Waals surface area contributed by atoms with Crippen molar-refractivity contribution in [1.29, 1.82) is 0 Å². The van der Waals surface area contributed by atoms with Crippen LogP contribution in [0, 0.1) is 6.07 Å². The van der Waals surface area contributed by atoms with Gasteiger partial charge in [0.15, 0.2) is 0 Å². The molecule has 0 N–H and O–H groups in total. The van der Waals surface area contributed by atoms with E-state index in [0.29, 0.717) is 11.4 Å². The first-order valence-corrected chi connectivity index (χ1v) is 6.61. The number of aromatic nitrogens is 1. The van der Waals surface area contributed by atoms with Gasteiger partial charge in [-0.25, -0.2) is 0 Å². The van der Waals surface area contributed by atoms with E-state index < -0.39 is 11.7 Å². The molecule has 1 heterocycles. The number of allylic oxidation sites excluding steroid dienone is 2. The van der Waals surface area contributed by atoms with Crippen LogP contribution in [0.2, 0.25) is 5.02 Å². The molecule has 0 saturated carbocycles. The number of alkyl halides is 3. The minimum atomic E-state index is -4.40. The molecule has 0 spiro atoms. The standard InChI is InChI=1S/C16H12ClF3N/c1-11(12-3-5-14(17)6-4-12)2-7-15-10-13(8-9-21-15)16(18,19)20/h2-6,8-9H,7H2,1H3. The Labute approximate surface area is 126 Å². The Morgan fingerprint density at radius 2 is 1.90 bits per heavy atom. The maximum absolute atomic E-state index is 12.6. The van der Waals surface area contributed by atoms with Gasteiger partial charge in [-0.05, 0) is 36.3 Å². The van der Waals surface area contributed by atoms with Crippen LogP contribution < -0.4 is 0 Å². The molecule has 21 heavy (non-hydrogen) atoms. The number of pyridine rings is 1. The van der Waals surface area contributed by atoms with E-state index in [1.807, 2.05) is 25.1 Å². The summed E-state index contributed by atoms with van der Waals surface area (Å²) in [5, 5.41) is 0.638. The summed E-state index contributed by atoms with van der Waals surface area (Å²) in [7, 11) is 0. The number of halogens is 4. The molecule has 0 unspecified atom stereocenters. The minimum absolute atomic E-state index is 0.262. The average Bonchev–Trinajstić information content (AvgIpc) is 2.45. The zero-order chi connectivity index (χ0) is 15.5. The number of nitrogens with zero attached hydrogens (tertiary/aromatic N) is 1. The fourth-order valence-electron chi connectivity index (χ4n) is 1.78. The Kier molecular flexibility index (Phi) is 4.68. The molecule has 2 rings (SSSR count). The third-order valence-electron chi connectivity index (χ3n) is 2.96. The quantitative estimate of drug-likeness (QED) is 0.759. The van der Waals surface area contributed by atoms with Gasteiger partial charge in [-0.3, -0.25) is 4.98 Å². The van der Waals surface area contributed by atoms with Crippen LogP contribution >= 0.6 is 11.6 Å². The van der Waals surface area contributed by atoms with E-state index in [1.165, 1.54) is 0 Å². The molecule has 1 aromatic heterocycles. The first kappa shape index (κ1) is 15.6. The predicted octanol–water partition coefficient (Wildman–Crippen LogP) is 5.20.